The van der Waals surface area contributed by atoms with Gasteiger partial charge >= 0.3 is 0 Å². The van der Waals surface area contributed by atoms with Crippen molar-refractivity contribution in [2.75, 3.05) is 0 Å². The standard InChI is InChI=1S/C23H20N4OS/c28-23(24-15-22-25-17-8-4-5-9-18(17)26-22)20-14-21-19(11-13-29-21)27(20)12-10-16-6-2-1-3-7-16/h1-9,11,13-14H,10,12,15H2,(H,24,28)(H,25,26). The predicted octanol–water partition coefficient (Wildman–Crippen LogP) is 4.75. The normalized spacial score (nSPS) is 11.3. The number of aromatic nitrogens is 3. The average Bonchev–Trinajstić information content (AvgIpc) is 3.45. The molecule has 6 heteroatoms. The van der Waals surface area contributed by atoms with Crippen molar-refractivity contribution in [2.45, 2.75) is 19.5 Å². The Kier molecular flexibility index (Phi) is 4.62. The van der Waals surface area contributed by atoms with Gasteiger partial charge in [-0.05, 0) is 41.6 Å². The lowest BCUT2D eigenvalue weighted by Gasteiger charge is -2.10. The van der Waals surface area contributed by atoms with Crippen molar-refractivity contribution in [3.8, 4) is 0 Å². The van der Waals surface area contributed by atoms with Gasteiger partial charge in [-0.2, -0.15) is 0 Å². The number of para-hydroxylation sites is 2. The van der Waals surface area contributed by atoms with E-state index in [1.165, 1.54) is 5.56 Å². The van der Waals surface area contributed by atoms with Gasteiger partial charge in [-0.15, -0.1) is 11.3 Å². The van der Waals surface area contributed by atoms with E-state index in [9.17, 15) is 4.79 Å². The minimum absolute atomic E-state index is 0.0816. The molecule has 0 saturated heterocycles. The van der Waals surface area contributed by atoms with Gasteiger partial charge in [0.05, 0.1) is 27.8 Å². The van der Waals surface area contributed by atoms with Gasteiger partial charge in [0.2, 0.25) is 0 Å². The molecule has 0 atom stereocenters. The number of aromatic amines is 1. The highest BCUT2D eigenvalue weighted by Crippen LogP contribution is 2.26. The van der Waals surface area contributed by atoms with Crippen LogP contribution in [0.25, 0.3) is 21.3 Å². The summed E-state index contributed by atoms with van der Waals surface area (Å²) in [6, 6.07) is 22.3. The summed E-state index contributed by atoms with van der Waals surface area (Å²) in [6.07, 6.45) is 0.879. The van der Waals surface area contributed by atoms with Crippen molar-refractivity contribution < 1.29 is 4.79 Å². The second-order valence-electron chi connectivity index (χ2n) is 6.97. The molecule has 0 aliphatic rings. The number of aryl methyl sites for hydroxylation is 2. The van der Waals surface area contributed by atoms with Crippen LogP contribution >= 0.6 is 11.3 Å². The molecule has 5 aromatic rings. The van der Waals surface area contributed by atoms with E-state index in [1.54, 1.807) is 11.3 Å². The summed E-state index contributed by atoms with van der Waals surface area (Å²) in [4.78, 5) is 20.8. The zero-order valence-corrected chi connectivity index (χ0v) is 16.6. The molecule has 0 saturated carbocycles. The summed E-state index contributed by atoms with van der Waals surface area (Å²) in [6.45, 7) is 1.13. The van der Waals surface area contributed by atoms with Crippen LogP contribution in [0.2, 0.25) is 0 Å². The number of amides is 1. The highest BCUT2D eigenvalue weighted by Gasteiger charge is 2.17. The fourth-order valence-electron chi connectivity index (χ4n) is 3.64. The van der Waals surface area contributed by atoms with Gasteiger partial charge < -0.3 is 14.9 Å². The third kappa shape index (κ3) is 3.54. The quantitative estimate of drug-likeness (QED) is 0.432. The monoisotopic (exact) mass is 400 g/mol. The third-order valence-electron chi connectivity index (χ3n) is 5.08. The first-order valence-electron chi connectivity index (χ1n) is 9.60. The summed E-state index contributed by atoms with van der Waals surface area (Å²) in [5, 5.41) is 5.09. The Labute approximate surface area is 172 Å². The number of carbonyl (C=O) groups is 1. The van der Waals surface area contributed by atoms with Crippen LogP contribution in [0, 0.1) is 0 Å². The molecule has 1 amide bonds. The number of hydrogen-bond acceptors (Lipinski definition) is 3. The minimum Gasteiger partial charge on any atom is -0.344 e. The zero-order valence-electron chi connectivity index (χ0n) is 15.8. The Morgan fingerprint density at radius 2 is 1.90 bits per heavy atom. The largest absolute Gasteiger partial charge is 0.344 e. The Hall–Kier alpha value is -3.38. The second-order valence-corrected chi connectivity index (χ2v) is 7.92. The number of nitrogens with zero attached hydrogens (tertiary/aromatic N) is 2. The van der Waals surface area contributed by atoms with E-state index in [0.717, 1.165) is 40.0 Å². The Morgan fingerprint density at radius 1 is 1.07 bits per heavy atom. The van der Waals surface area contributed by atoms with Gasteiger partial charge in [-0.1, -0.05) is 42.5 Å². The lowest BCUT2D eigenvalue weighted by molar-refractivity contribution is 0.0941. The highest BCUT2D eigenvalue weighted by atomic mass is 32.1. The van der Waals surface area contributed by atoms with Crippen LogP contribution in [0.4, 0.5) is 0 Å². The van der Waals surface area contributed by atoms with Crippen molar-refractivity contribution >= 4 is 38.5 Å². The van der Waals surface area contributed by atoms with E-state index in [0.29, 0.717) is 12.2 Å². The molecule has 3 heterocycles. The van der Waals surface area contributed by atoms with E-state index in [-0.39, 0.29) is 5.91 Å². The van der Waals surface area contributed by atoms with Crippen molar-refractivity contribution in [2.24, 2.45) is 0 Å². The molecular formula is C23H20N4OS. The molecule has 2 aromatic carbocycles. The number of nitrogens with one attached hydrogen (secondary N) is 2. The molecule has 2 N–H and O–H groups in total. The molecule has 0 aliphatic heterocycles. The van der Waals surface area contributed by atoms with Crippen LogP contribution < -0.4 is 5.32 Å². The maximum absolute atomic E-state index is 13.0. The zero-order chi connectivity index (χ0) is 19.6. The van der Waals surface area contributed by atoms with E-state index >= 15 is 0 Å². The summed E-state index contributed by atoms with van der Waals surface area (Å²) in [5.41, 5.74) is 4.95. The maximum Gasteiger partial charge on any atom is 0.268 e. The van der Waals surface area contributed by atoms with Gasteiger partial charge in [0.25, 0.3) is 5.91 Å². The lowest BCUT2D eigenvalue weighted by Crippen LogP contribution is -2.26. The lowest BCUT2D eigenvalue weighted by atomic mass is 10.1. The number of H-pyrrole nitrogens is 1. The van der Waals surface area contributed by atoms with E-state index in [4.69, 9.17) is 0 Å². The summed E-state index contributed by atoms with van der Waals surface area (Å²) >= 11 is 1.66. The Bertz CT molecular complexity index is 1250. The van der Waals surface area contributed by atoms with Crippen molar-refractivity contribution in [1.29, 1.82) is 0 Å². The SMILES string of the molecule is O=C(NCc1nc2ccccc2[nH]1)c1cc2sccc2n1CCc1ccccc1. The number of thiophene rings is 1. The molecule has 5 nitrogen and oxygen atoms in total. The van der Waals surface area contributed by atoms with Gasteiger partial charge in [-0.25, -0.2) is 4.98 Å². The maximum atomic E-state index is 13.0. The first kappa shape index (κ1) is 17.7. The summed E-state index contributed by atoms with van der Waals surface area (Å²) in [7, 11) is 0. The smallest absolute Gasteiger partial charge is 0.268 e. The van der Waals surface area contributed by atoms with Crippen LogP contribution in [0.1, 0.15) is 21.9 Å². The molecule has 0 unspecified atom stereocenters. The second kappa shape index (κ2) is 7.56. The minimum atomic E-state index is -0.0816. The molecule has 5 rings (SSSR count). The van der Waals surface area contributed by atoms with Gasteiger partial charge in [0, 0.05) is 6.54 Å². The molecule has 0 spiro atoms. The number of fused-ring (bicyclic) bond motifs is 2. The number of rotatable bonds is 6. The molecular weight excluding hydrogens is 380 g/mol. The van der Waals surface area contributed by atoms with Gasteiger partial charge in [0.15, 0.2) is 0 Å². The summed E-state index contributed by atoms with van der Waals surface area (Å²) < 4.78 is 3.25. The molecule has 144 valence electrons. The van der Waals surface area contributed by atoms with Crippen LogP contribution in [-0.4, -0.2) is 20.4 Å². The van der Waals surface area contributed by atoms with Crippen molar-refractivity contribution in [3.05, 3.63) is 89.2 Å². The highest BCUT2D eigenvalue weighted by molar-refractivity contribution is 7.17. The number of imidazole rings is 1. The van der Waals surface area contributed by atoms with Crippen LogP contribution in [0.15, 0.2) is 72.1 Å². The Balaban J connectivity index is 1.35. The van der Waals surface area contributed by atoms with Crippen molar-refractivity contribution in [1.82, 2.24) is 19.9 Å². The summed E-state index contributed by atoms with van der Waals surface area (Å²) in [5.74, 6) is 0.672. The molecule has 0 fully saturated rings. The van der Waals surface area contributed by atoms with E-state index in [1.807, 2.05) is 48.5 Å². The first-order chi connectivity index (χ1) is 14.3. The van der Waals surface area contributed by atoms with E-state index in [2.05, 4.69) is 43.4 Å². The van der Waals surface area contributed by atoms with Crippen LogP contribution in [0.5, 0.6) is 0 Å². The third-order valence-corrected chi connectivity index (χ3v) is 5.93. The topological polar surface area (TPSA) is 62.7 Å². The Morgan fingerprint density at radius 3 is 2.76 bits per heavy atom. The molecule has 0 radical (unpaired) electrons. The first-order valence-corrected chi connectivity index (χ1v) is 10.5. The number of hydrogen-bond donors (Lipinski definition) is 2. The van der Waals surface area contributed by atoms with Crippen LogP contribution in [-0.2, 0) is 19.5 Å². The van der Waals surface area contributed by atoms with Crippen LogP contribution in [0.3, 0.4) is 0 Å². The molecule has 0 aliphatic carbocycles. The van der Waals surface area contributed by atoms with Gasteiger partial charge in [0.1, 0.15) is 11.5 Å². The molecule has 0 bridgehead atoms. The number of benzene rings is 2. The average molecular weight is 401 g/mol. The van der Waals surface area contributed by atoms with E-state index < -0.39 is 0 Å². The predicted molar refractivity (Wildman–Crippen MR) is 117 cm³/mol. The van der Waals surface area contributed by atoms with Crippen molar-refractivity contribution in [3.63, 3.8) is 0 Å². The molecule has 29 heavy (non-hydrogen) atoms. The number of carbonyl (C=O) groups excluding carboxylic acids is 1. The molecule has 3 aromatic heterocycles. The van der Waals surface area contributed by atoms with Gasteiger partial charge in [-0.3, -0.25) is 4.79 Å². The fraction of sp³-hybridized carbons (Fsp3) is 0.130. The fourth-order valence-corrected chi connectivity index (χ4v) is 4.46.